The average molecular weight is 541 g/mol. The summed E-state index contributed by atoms with van der Waals surface area (Å²) in [5, 5.41) is 19.3. The van der Waals surface area contributed by atoms with E-state index in [-0.39, 0.29) is 5.71 Å². The Morgan fingerprint density at radius 2 is 1.89 bits per heavy atom. The summed E-state index contributed by atoms with van der Waals surface area (Å²) in [6.07, 6.45) is 3.93. The first-order valence-electron chi connectivity index (χ1n) is 11.3. The lowest BCUT2D eigenvalue weighted by Crippen LogP contribution is -2.71. The summed E-state index contributed by atoms with van der Waals surface area (Å²) >= 11 is 12.6. The van der Waals surface area contributed by atoms with E-state index >= 15 is 0 Å². The lowest BCUT2D eigenvalue weighted by atomic mass is 9.90. The van der Waals surface area contributed by atoms with Gasteiger partial charge in [0.25, 0.3) is 0 Å². The minimum absolute atomic E-state index is 0.0620. The van der Waals surface area contributed by atoms with Gasteiger partial charge in [-0.2, -0.15) is 5.26 Å². The van der Waals surface area contributed by atoms with Crippen LogP contribution in [0.15, 0.2) is 36.8 Å². The van der Waals surface area contributed by atoms with Crippen molar-refractivity contribution in [2.24, 2.45) is 11.5 Å². The van der Waals surface area contributed by atoms with Crippen LogP contribution in [0.2, 0.25) is 10.0 Å². The van der Waals surface area contributed by atoms with E-state index in [4.69, 9.17) is 55.3 Å². The van der Waals surface area contributed by atoms with Crippen molar-refractivity contribution in [2.75, 3.05) is 37.4 Å². The van der Waals surface area contributed by atoms with Gasteiger partial charge in [-0.1, -0.05) is 23.2 Å². The summed E-state index contributed by atoms with van der Waals surface area (Å²) in [5.41, 5.74) is 19.7. The highest BCUT2D eigenvalue weighted by Gasteiger charge is 2.39. The number of methoxy groups -OCH3 is 1. The second-order valence-electron chi connectivity index (χ2n) is 8.87. The van der Waals surface area contributed by atoms with E-state index in [0.29, 0.717) is 74.9 Å². The number of nitrogen functional groups attached to an aromatic ring is 1. The Balaban J connectivity index is 1.65. The quantitative estimate of drug-likeness (QED) is 0.247. The standard InChI is InChI=1S/C25H26Cl2N8O2/c1-13(22-17(26)8-33-9-18(22)27)37-21-4-16(19(30)5-20(21)36-2)23(31)15-3-14(6-28)24(34-7-15)35-11-25(32,10-29)12-35/h3-5,7-9,13,31H,10-12,29-30,32H2,1-2H3/t13-/m1/s1. The number of benzene rings is 1. The molecule has 0 unspecified atom stereocenters. The Labute approximate surface area is 224 Å². The summed E-state index contributed by atoms with van der Waals surface area (Å²) in [7, 11) is 1.49. The van der Waals surface area contributed by atoms with Crippen molar-refractivity contribution in [2.45, 2.75) is 18.6 Å². The summed E-state index contributed by atoms with van der Waals surface area (Å²) < 4.78 is 11.6. The molecule has 1 atom stereocenters. The van der Waals surface area contributed by atoms with Crippen molar-refractivity contribution in [3.63, 3.8) is 0 Å². The van der Waals surface area contributed by atoms with Crippen molar-refractivity contribution in [3.8, 4) is 17.6 Å². The van der Waals surface area contributed by atoms with Gasteiger partial charge in [0.15, 0.2) is 11.5 Å². The van der Waals surface area contributed by atoms with E-state index < -0.39 is 11.6 Å². The van der Waals surface area contributed by atoms with Crippen LogP contribution in [-0.2, 0) is 0 Å². The fourth-order valence-corrected chi connectivity index (χ4v) is 4.85. The third-order valence-electron chi connectivity index (χ3n) is 6.20. The Kier molecular flexibility index (Phi) is 7.43. The van der Waals surface area contributed by atoms with Gasteiger partial charge in [0.2, 0.25) is 0 Å². The Bertz CT molecular complexity index is 1380. The van der Waals surface area contributed by atoms with E-state index in [9.17, 15) is 5.26 Å². The largest absolute Gasteiger partial charge is 0.493 e. The molecular weight excluding hydrogens is 515 g/mol. The van der Waals surface area contributed by atoms with Crippen LogP contribution in [0.4, 0.5) is 11.5 Å². The number of halogens is 2. The van der Waals surface area contributed by atoms with Crippen LogP contribution in [0.5, 0.6) is 11.5 Å². The van der Waals surface area contributed by atoms with Crippen LogP contribution >= 0.6 is 23.2 Å². The van der Waals surface area contributed by atoms with Gasteiger partial charge in [-0.3, -0.25) is 10.4 Å². The maximum atomic E-state index is 9.74. The molecule has 3 aromatic rings. The molecule has 3 heterocycles. The average Bonchev–Trinajstić information content (AvgIpc) is 2.86. The normalized spacial score (nSPS) is 14.9. The van der Waals surface area contributed by atoms with Crippen molar-refractivity contribution >= 4 is 40.4 Å². The molecule has 7 N–H and O–H groups in total. The molecule has 0 saturated carbocycles. The van der Waals surface area contributed by atoms with Crippen LogP contribution in [0, 0.1) is 16.7 Å². The van der Waals surface area contributed by atoms with E-state index in [1.54, 1.807) is 25.1 Å². The zero-order valence-electron chi connectivity index (χ0n) is 20.3. The third kappa shape index (κ3) is 5.12. The fraction of sp³-hybridized carbons (Fsp3) is 0.280. The van der Waals surface area contributed by atoms with Crippen LogP contribution in [0.25, 0.3) is 0 Å². The zero-order chi connectivity index (χ0) is 26.9. The minimum Gasteiger partial charge on any atom is -0.493 e. The first-order valence-corrected chi connectivity index (χ1v) is 12.0. The number of nitrogens with zero attached hydrogens (tertiary/aromatic N) is 4. The van der Waals surface area contributed by atoms with E-state index in [2.05, 4.69) is 16.0 Å². The number of anilines is 2. The van der Waals surface area contributed by atoms with Crippen molar-refractivity contribution in [1.82, 2.24) is 9.97 Å². The van der Waals surface area contributed by atoms with E-state index in [1.165, 1.54) is 25.7 Å². The van der Waals surface area contributed by atoms with Gasteiger partial charge in [-0.05, 0) is 19.1 Å². The maximum absolute atomic E-state index is 9.74. The van der Waals surface area contributed by atoms with Gasteiger partial charge in [0.05, 0.1) is 34.0 Å². The number of hydrogen-bond donors (Lipinski definition) is 4. The molecule has 0 amide bonds. The number of aromatic nitrogens is 2. The van der Waals surface area contributed by atoms with Crippen LogP contribution in [0.1, 0.15) is 35.3 Å². The third-order valence-corrected chi connectivity index (χ3v) is 6.80. The number of rotatable bonds is 8. The summed E-state index contributed by atoms with van der Waals surface area (Å²) in [6.45, 7) is 3.12. The molecule has 1 saturated heterocycles. The van der Waals surface area contributed by atoms with Crippen molar-refractivity contribution < 1.29 is 9.47 Å². The number of ether oxygens (including phenoxy) is 2. The highest BCUT2D eigenvalue weighted by Crippen LogP contribution is 2.39. The van der Waals surface area contributed by atoms with Crippen LogP contribution < -0.4 is 31.6 Å². The highest BCUT2D eigenvalue weighted by atomic mass is 35.5. The molecule has 10 nitrogen and oxygen atoms in total. The van der Waals surface area contributed by atoms with Crippen LogP contribution in [-0.4, -0.2) is 48.0 Å². The lowest BCUT2D eigenvalue weighted by molar-refractivity contribution is 0.216. The molecule has 2 aromatic heterocycles. The smallest absolute Gasteiger partial charge is 0.162 e. The van der Waals surface area contributed by atoms with E-state index in [0.717, 1.165) is 0 Å². The molecule has 4 rings (SSSR count). The molecule has 0 aliphatic carbocycles. The molecule has 1 fully saturated rings. The van der Waals surface area contributed by atoms with Crippen molar-refractivity contribution in [3.05, 3.63) is 69.1 Å². The summed E-state index contributed by atoms with van der Waals surface area (Å²) in [6, 6.07) is 6.94. The Morgan fingerprint density at radius 3 is 2.49 bits per heavy atom. The first kappa shape index (κ1) is 26.4. The minimum atomic E-state index is -0.562. The number of nitrogens with one attached hydrogen (secondary N) is 1. The molecule has 37 heavy (non-hydrogen) atoms. The second-order valence-corrected chi connectivity index (χ2v) is 9.69. The molecule has 0 bridgehead atoms. The van der Waals surface area contributed by atoms with E-state index in [1.807, 2.05) is 4.90 Å². The van der Waals surface area contributed by atoms with Gasteiger partial charge in [-0.25, -0.2) is 4.98 Å². The lowest BCUT2D eigenvalue weighted by Gasteiger charge is -2.47. The van der Waals surface area contributed by atoms with Gasteiger partial charge >= 0.3 is 0 Å². The van der Waals surface area contributed by atoms with Crippen LogP contribution in [0.3, 0.4) is 0 Å². The Morgan fingerprint density at radius 1 is 1.22 bits per heavy atom. The molecule has 192 valence electrons. The summed E-state index contributed by atoms with van der Waals surface area (Å²) in [4.78, 5) is 10.3. The Hall–Kier alpha value is -3.62. The number of pyridine rings is 2. The fourth-order valence-electron chi connectivity index (χ4n) is 4.18. The summed E-state index contributed by atoms with van der Waals surface area (Å²) in [5.74, 6) is 1.20. The van der Waals surface area contributed by atoms with Crippen molar-refractivity contribution in [1.29, 1.82) is 10.7 Å². The topological polar surface area (TPSA) is 173 Å². The molecule has 0 radical (unpaired) electrons. The monoisotopic (exact) mass is 540 g/mol. The second kappa shape index (κ2) is 10.4. The maximum Gasteiger partial charge on any atom is 0.162 e. The molecule has 1 aromatic carbocycles. The zero-order valence-corrected chi connectivity index (χ0v) is 21.8. The molecule has 0 spiro atoms. The molecular formula is C25H26Cl2N8O2. The van der Waals surface area contributed by atoms with Gasteiger partial charge in [0.1, 0.15) is 18.0 Å². The van der Waals surface area contributed by atoms with Gasteiger partial charge < -0.3 is 31.6 Å². The molecule has 1 aliphatic rings. The molecule has 1 aliphatic heterocycles. The number of hydrogen-bond acceptors (Lipinski definition) is 10. The molecule has 12 heteroatoms. The predicted octanol–water partition coefficient (Wildman–Crippen LogP) is 3.28. The number of nitriles is 1. The highest BCUT2D eigenvalue weighted by molar-refractivity contribution is 6.35. The predicted molar refractivity (Wildman–Crippen MR) is 144 cm³/mol. The number of nitrogens with two attached hydrogens (primary N) is 3. The van der Waals surface area contributed by atoms with Gasteiger partial charge in [0, 0.05) is 66.7 Å². The van der Waals surface area contributed by atoms with Gasteiger partial charge in [-0.15, -0.1) is 0 Å². The first-order chi connectivity index (χ1) is 17.6. The SMILES string of the molecule is COc1cc(N)c(C(=N)c2cnc(N3CC(N)(CN)C3)c(C#N)c2)cc1O[C@H](C)c1c(Cl)cncc1Cl.